The number of amides is 1. The summed E-state index contributed by atoms with van der Waals surface area (Å²) >= 11 is 6.30. The maximum atomic E-state index is 13.2. The Bertz CT molecular complexity index is 1130. The van der Waals surface area contributed by atoms with Crippen molar-refractivity contribution >= 4 is 23.2 Å². The molecule has 4 aromatic rings. The zero-order valence-corrected chi connectivity index (χ0v) is 16.3. The first kappa shape index (κ1) is 18.1. The third kappa shape index (κ3) is 3.32. The van der Waals surface area contributed by atoms with Crippen LogP contribution in [0.2, 0.25) is 5.02 Å². The van der Waals surface area contributed by atoms with Crippen molar-refractivity contribution in [2.45, 2.75) is 13.8 Å². The van der Waals surface area contributed by atoms with E-state index in [4.69, 9.17) is 11.6 Å². The van der Waals surface area contributed by atoms with Gasteiger partial charge in [0, 0.05) is 12.4 Å². The third-order valence-corrected chi connectivity index (χ3v) is 4.80. The lowest BCUT2D eigenvalue weighted by atomic mass is 10.2. The zero-order valence-electron chi connectivity index (χ0n) is 15.6. The standard InChI is InChI=1S/C22H19ClN4O/c1-15-10-11-19(18(23)14-15)24-21(28)20-16(2)25-27(17-8-4-3-5-9-17)22(20)26-12-6-7-13-26/h3-14H,1-2H3,(H,24,28). The first-order chi connectivity index (χ1) is 13.5. The van der Waals surface area contributed by atoms with E-state index < -0.39 is 0 Å². The Morgan fingerprint density at radius 1 is 1.00 bits per heavy atom. The van der Waals surface area contributed by atoms with Crippen molar-refractivity contribution in [3.05, 3.63) is 94.9 Å². The smallest absolute Gasteiger partial charge is 0.261 e. The van der Waals surface area contributed by atoms with Crippen LogP contribution < -0.4 is 5.32 Å². The van der Waals surface area contributed by atoms with Gasteiger partial charge in [-0.05, 0) is 55.8 Å². The van der Waals surface area contributed by atoms with Crippen molar-refractivity contribution in [2.24, 2.45) is 0 Å². The summed E-state index contributed by atoms with van der Waals surface area (Å²) in [5, 5.41) is 8.07. The minimum atomic E-state index is -0.255. The first-order valence-corrected chi connectivity index (χ1v) is 9.28. The van der Waals surface area contributed by atoms with Gasteiger partial charge >= 0.3 is 0 Å². The molecule has 0 fully saturated rings. The molecular weight excluding hydrogens is 372 g/mol. The number of para-hydroxylation sites is 1. The molecule has 0 spiro atoms. The van der Waals surface area contributed by atoms with Crippen molar-refractivity contribution in [2.75, 3.05) is 5.32 Å². The molecule has 28 heavy (non-hydrogen) atoms. The zero-order chi connectivity index (χ0) is 19.7. The van der Waals surface area contributed by atoms with Gasteiger partial charge in [0.1, 0.15) is 5.56 Å². The van der Waals surface area contributed by atoms with E-state index in [1.165, 1.54) is 0 Å². The third-order valence-electron chi connectivity index (χ3n) is 4.49. The molecule has 0 atom stereocenters. The summed E-state index contributed by atoms with van der Waals surface area (Å²) in [7, 11) is 0. The number of aryl methyl sites for hydroxylation is 2. The average Bonchev–Trinajstić information content (AvgIpc) is 3.32. The van der Waals surface area contributed by atoms with Gasteiger partial charge in [0.15, 0.2) is 5.82 Å². The van der Waals surface area contributed by atoms with Crippen LogP contribution in [0.3, 0.4) is 0 Å². The minimum Gasteiger partial charge on any atom is -0.320 e. The van der Waals surface area contributed by atoms with Crippen LogP contribution in [0, 0.1) is 13.8 Å². The van der Waals surface area contributed by atoms with Crippen LogP contribution in [0.1, 0.15) is 21.6 Å². The molecule has 4 rings (SSSR count). The van der Waals surface area contributed by atoms with Gasteiger partial charge in [0.05, 0.1) is 22.1 Å². The highest BCUT2D eigenvalue weighted by Gasteiger charge is 2.24. The van der Waals surface area contributed by atoms with Crippen molar-refractivity contribution in [1.82, 2.24) is 14.3 Å². The minimum absolute atomic E-state index is 0.255. The molecular formula is C22H19ClN4O. The van der Waals surface area contributed by atoms with Crippen molar-refractivity contribution in [1.29, 1.82) is 0 Å². The van der Waals surface area contributed by atoms with Gasteiger partial charge in [0.25, 0.3) is 5.91 Å². The van der Waals surface area contributed by atoms with Crippen LogP contribution in [0.15, 0.2) is 73.1 Å². The average molecular weight is 391 g/mol. The summed E-state index contributed by atoms with van der Waals surface area (Å²) in [6, 6.07) is 19.1. The van der Waals surface area contributed by atoms with Crippen molar-refractivity contribution in [3.8, 4) is 11.5 Å². The Morgan fingerprint density at radius 2 is 1.71 bits per heavy atom. The van der Waals surface area contributed by atoms with Gasteiger partial charge in [-0.2, -0.15) is 5.10 Å². The highest BCUT2D eigenvalue weighted by molar-refractivity contribution is 6.34. The first-order valence-electron chi connectivity index (χ1n) is 8.90. The largest absolute Gasteiger partial charge is 0.320 e. The van der Waals surface area contributed by atoms with Crippen LogP contribution in [0.4, 0.5) is 5.69 Å². The number of benzene rings is 2. The molecule has 2 heterocycles. The van der Waals surface area contributed by atoms with E-state index in [0.717, 1.165) is 11.3 Å². The maximum Gasteiger partial charge on any atom is 0.261 e. The lowest BCUT2D eigenvalue weighted by Gasteiger charge is -2.12. The lowest BCUT2D eigenvalue weighted by molar-refractivity contribution is 0.102. The summed E-state index contributed by atoms with van der Waals surface area (Å²) in [4.78, 5) is 13.2. The SMILES string of the molecule is Cc1ccc(NC(=O)c2c(C)nn(-c3ccccc3)c2-n2cccc2)c(Cl)c1. The van der Waals surface area contributed by atoms with Gasteiger partial charge in [-0.3, -0.25) is 4.79 Å². The van der Waals surface area contributed by atoms with E-state index in [1.807, 2.05) is 91.5 Å². The number of carbonyl (C=O) groups excluding carboxylic acids is 1. The monoisotopic (exact) mass is 390 g/mol. The summed E-state index contributed by atoms with van der Waals surface area (Å²) in [5.41, 5.74) is 3.61. The quantitative estimate of drug-likeness (QED) is 0.521. The number of halogens is 1. The molecule has 0 aliphatic heterocycles. The number of aromatic nitrogens is 3. The van der Waals surface area contributed by atoms with Crippen molar-refractivity contribution in [3.63, 3.8) is 0 Å². The Morgan fingerprint density at radius 3 is 2.39 bits per heavy atom. The molecule has 2 aromatic heterocycles. The molecule has 1 N–H and O–H groups in total. The second-order valence-corrected chi connectivity index (χ2v) is 6.97. The number of hydrogen-bond acceptors (Lipinski definition) is 2. The van der Waals surface area contributed by atoms with E-state index in [9.17, 15) is 4.79 Å². The van der Waals surface area contributed by atoms with E-state index in [2.05, 4.69) is 10.4 Å². The summed E-state index contributed by atoms with van der Waals surface area (Å²) in [6.45, 7) is 3.79. The van der Waals surface area contributed by atoms with Crippen molar-refractivity contribution < 1.29 is 4.79 Å². The Balaban J connectivity index is 1.82. The van der Waals surface area contributed by atoms with E-state index in [-0.39, 0.29) is 5.91 Å². The Labute approximate surface area is 168 Å². The molecule has 0 aliphatic rings. The fourth-order valence-corrected chi connectivity index (χ4v) is 3.43. The Hall–Kier alpha value is -3.31. The number of rotatable bonds is 4. The van der Waals surface area contributed by atoms with E-state index >= 15 is 0 Å². The lowest BCUT2D eigenvalue weighted by Crippen LogP contribution is -2.16. The number of anilines is 1. The highest BCUT2D eigenvalue weighted by atomic mass is 35.5. The summed E-state index contributed by atoms with van der Waals surface area (Å²) in [6.07, 6.45) is 3.79. The molecule has 140 valence electrons. The number of hydrogen-bond donors (Lipinski definition) is 1. The highest BCUT2D eigenvalue weighted by Crippen LogP contribution is 2.27. The Kier molecular flexibility index (Phi) is 4.75. The molecule has 0 saturated carbocycles. The van der Waals surface area contributed by atoms with Gasteiger partial charge < -0.3 is 9.88 Å². The molecule has 2 aromatic carbocycles. The van der Waals surface area contributed by atoms with Crippen LogP contribution in [-0.2, 0) is 0 Å². The second kappa shape index (κ2) is 7.37. The molecule has 6 heteroatoms. The van der Waals surface area contributed by atoms with E-state index in [1.54, 1.807) is 4.68 Å². The maximum absolute atomic E-state index is 13.2. The van der Waals surface area contributed by atoms with Crippen LogP contribution >= 0.6 is 11.6 Å². The summed E-state index contributed by atoms with van der Waals surface area (Å²) < 4.78 is 3.67. The van der Waals surface area contributed by atoms with Gasteiger partial charge in [0.2, 0.25) is 0 Å². The number of nitrogens with zero attached hydrogens (tertiary/aromatic N) is 3. The fraction of sp³-hybridized carbons (Fsp3) is 0.0909. The molecule has 0 unspecified atom stereocenters. The molecule has 5 nitrogen and oxygen atoms in total. The normalized spacial score (nSPS) is 10.8. The number of carbonyl (C=O) groups is 1. The molecule has 0 aliphatic carbocycles. The van der Waals surface area contributed by atoms with Gasteiger partial charge in [-0.15, -0.1) is 0 Å². The molecule has 0 saturated heterocycles. The molecule has 1 amide bonds. The van der Waals surface area contributed by atoms with Crippen LogP contribution in [0.25, 0.3) is 11.5 Å². The number of nitrogens with one attached hydrogen (secondary N) is 1. The second-order valence-electron chi connectivity index (χ2n) is 6.56. The molecule has 0 radical (unpaired) electrons. The molecule has 0 bridgehead atoms. The predicted octanol–water partition coefficient (Wildman–Crippen LogP) is 5.19. The topological polar surface area (TPSA) is 51.9 Å². The fourth-order valence-electron chi connectivity index (χ4n) is 3.15. The predicted molar refractivity (Wildman–Crippen MR) is 112 cm³/mol. The van der Waals surface area contributed by atoms with Gasteiger partial charge in [-0.25, -0.2) is 4.68 Å². The van der Waals surface area contributed by atoms with Crippen LogP contribution in [0.5, 0.6) is 0 Å². The van der Waals surface area contributed by atoms with Gasteiger partial charge in [-0.1, -0.05) is 35.9 Å². The van der Waals surface area contributed by atoms with E-state index in [0.29, 0.717) is 27.8 Å². The van der Waals surface area contributed by atoms with Crippen LogP contribution in [-0.4, -0.2) is 20.3 Å². The summed E-state index contributed by atoms with van der Waals surface area (Å²) in [5.74, 6) is 0.420.